The van der Waals surface area contributed by atoms with Crippen molar-refractivity contribution in [2.45, 2.75) is 44.1 Å². The SMILES string of the molecule is Cc1ccc(CN2C(=O)C3CC(O)CN3C3(CN(Cc4cnc5ccccc5c4)C3)C2=O)o1. The number of imide groups is 1. The summed E-state index contributed by atoms with van der Waals surface area (Å²) in [6.45, 7) is 4.03. The molecule has 0 radical (unpaired) electrons. The van der Waals surface area contributed by atoms with Crippen LogP contribution in [0.1, 0.15) is 23.5 Å². The van der Waals surface area contributed by atoms with Gasteiger partial charge in [0, 0.05) is 37.8 Å². The van der Waals surface area contributed by atoms with Crippen LogP contribution in [0.15, 0.2) is 53.1 Å². The number of β-amino-alcohol motifs (C(OH)–C–C–N with tert-alkyl or cyclic N) is 1. The predicted octanol–water partition coefficient (Wildman–Crippen LogP) is 1.69. The summed E-state index contributed by atoms with van der Waals surface area (Å²) >= 11 is 0. The lowest BCUT2D eigenvalue weighted by Crippen LogP contribution is -2.81. The number of para-hydroxylation sites is 1. The first kappa shape index (κ1) is 20.5. The molecule has 3 aliphatic rings. The molecule has 2 unspecified atom stereocenters. The summed E-state index contributed by atoms with van der Waals surface area (Å²) in [6, 6.07) is 13.3. The molecule has 3 aliphatic heterocycles. The molecule has 8 heteroatoms. The van der Waals surface area contributed by atoms with Gasteiger partial charge in [0.25, 0.3) is 5.91 Å². The van der Waals surface area contributed by atoms with E-state index in [2.05, 4.69) is 16.0 Å². The summed E-state index contributed by atoms with van der Waals surface area (Å²) in [4.78, 5) is 36.9. The number of fused-ring (bicyclic) bond motifs is 3. The van der Waals surface area contributed by atoms with E-state index >= 15 is 0 Å². The van der Waals surface area contributed by atoms with Crippen LogP contribution in [0.2, 0.25) is 0 Å². The minimum atomic E-state index is -0.790. The smallest absolute Gasteiger partial charge is 0.252 e. The lowest BCUT2D eigenvalue weighted by Gasteiger charge is -2.58. The van der Waals surface area contributed by atoms with Crippen LogP contribution in [-0.4, -0.2) is 73.9 Å². The largest absolute Gasteiger partial charge is 0.464 e. The Morgan fingerprint density at radius 1 is 1.15 bits per heavy atom. The first-order chi connectivity index (χ1) is 15.9. The molecule has 1 aromatic carbocycles. The van der Waals surface area contributed by atoms with Crippen LogP contribution in [0.3, 0.4) is 0 Å². The first-order valence-corrected chi connectivity index (χ1v) is 11.3. The second-order valence-electron chi connectivity index (χ2n) is 9.51. The van der Waals surface area contributed by atoms with Crippen LogP contribution >= 0.6 is 0 Å². The Bertz CT molecular complexity index is 1250. The van der Waals surface area contributed by atoms with Crippen molar-refractivity contribution >= 4 is 22.7 Å². The molecule has 0 bridgehead atoms. The molecule has 1 N–H and O–H groups in total. The van der Waals surface area contributed by atoms with Crippen molar-refractivity contribution in [3.63, 3.8) is 0 Å². The Morgan fingerprint density at radius 3 is 2.76 bits per heavy atom. The maximum absolute atomic E-state index is 13.7. The van der Waals surface area contributed by atoms with E-state index < -0.39 is 17.7 Å². The Morgan fingerprint density at radius 2 is 1.97 bits per heavy atom. The fourth-order valence-electron chi connectivity index (χ4n) is 5.63. The van der Waals surface area contributed by atoms with Crippen molar-refractivity contribution in [3.8, 4) is 0 Å². The number of aliphatic hydroxyl groups excluding tert-OH is 1. The monoisotopic (exact) mass is 446 g/mol. The van der Waals surface area contributed by atoms with Crippen LogP contribution in [0.25, 0.3) is 10.9 Å². The number of aromatic nitrogens is 1. The number of piperazine rings is 1. The third-order valence-electron chi connectivity index (χ3n) is 7.16. The van der Waals surface area contributed by atoms with E-state index in [1.54, 1.807) is 6.07 Å². The number of rotatable bonds is 4. The summed E-state index contributed by atoms with van der Waals surface area (Å²) < 4.78 is 5.64. The normalized spacial score (nSPS) is 25.1. The van der Waals surface area contributed by atoms with Gasteiger partial charge in [-0.05, 0) is 43.2 Å². The standard InChI is InChI=1S/C25H26N4O4/c1-16-6-7-20(33-16)13-28-23(31)22-9-19(30)12-29(22)25(24(28)32)14-27(15-25)11-17-8-18-4-2-3-5-21(18)26-10-17/h2-8,10,19,22,30H,9,11-15H2,1H3. The number of hydrogen-bond donors (Lipinski definition) is 1. The number of carbonyl (C=O) groups excluding carboxylic acids is 2. The van der Waals surface area contributed by atoms with Crippen molar-refractivity contribution in [3.05, 3.63) is 65.7 Å². The van der Waals surface area contributed by atoms with E-state index in [1.165, 1.54) is 4.90 Å². The summed E-state index contributed by atoms with van der Waals surface area (Å²) in [6.07, 6.45) is 1.64. The third kappa shape index (κ3) is 3.28. The fourth-order valence-corrected chi connectivity index (χ4v) is 5.63. The van der Waals surface area contributed by atoms with Gasteiger partial charge in [-0.15, -0.1) is 0 Å². The number of benzene rings is 1. The second kappa shape index (κ2) is 7.48. The topological polar surface area (TPSA) is 90.1 Å². The average molecular weight is 447 g/mol. The van der Waals surface area contributed by atoms with Gasteiger partial charge in [-0.25, -0.2) is 0 Å². The molecule has 5 heterocycles. The minimum Gasteiger partial charge on any atom is -0.464 e. The van der Waals surface area contributed by atoms with Crippen LogP contribution in [-0.2, 0) is 22.7 Å². The molecule has 0 aliphatic carbocycles. The average Bonchev–Trinajstić information content (AvgIpc) is 3.38. The van der Waals surface area contributed by atoms with Crippen molar-refractivity contribution in [2.24, 2.45) is 0 Å². The molecule has 1 spiro atoms. The fraction of sp³-hybridized carbons (Fsp3) is 0.400. The molecule has 3 aromatic rings. The second-order valence-corrected chi connectivity index (χ2v) is 9.51. The third-order valence-corrected chi connectivity index (χ3v) is 7.16. The number of pyridine rings is 1. The summed E-state index contributed by atoms with van der Waals surface area (Å²) in [5.74, 6) is 0.899. The van der Waals surface area contributed by atoms with Crippen molar-refractivity contribution in [1.29, 1.82) is 0 Å². The Balaban J connectivity index is 1.24. The highest BCUT2D eigenvalue weighted by atomic mass is 16.3. The van der Waals surface area contributed by atoms with Gasteiger partial charge in [0.15, 0.2) is 0 Å². The van der Waals surface area contributed by atoms with Crippen molar-refractivity contribution in [2.75, 3.05) is 19.6 Å². The van der Waals surface area contributed by atoms with Gasteiger partial charge in [0.05, 0.1) is 24.2 Å². The van der Waals surface area contributed by atoms with Gasteiger partial charge < -0.3 is 9.52 Å². The number of aliphatic hydroxyl groups is 1. The van der Waals surface area contributed by atoms with Gasteiger partial charge in [0.2, 0.25) is 5.91 Å². The molecule has 0 saturated carbocycles. The molecular weight excluding hydrogens is 420 g/mol. The van der Waals surface area contributed by atoms with Crippen LogP contribution in [0.5, 0.6) is 0 Å². The zero-order chi connectivity index (χ0) is 22.7. The minimum absolute atomic E-state index is 0.127. The van der Waals surface area contributed by atoms with Gasteiger partial charge >= 0.3 is 0 Å². The number of nitrogens with zero attached hydrogens (tertiary/aromatic N) is 4. The molecule has 8 nitrogen and oxygen atoms in total. The molecule has 6 rings (SSSR count). The maximum atomic E-state index is 13.7. The zero-order valence-corrected chi connectivity index (χ0v) is 18.5. The quantitative estimate of drug-likeness (QED) is 0.610. The highest BCUT2D eigenvalue weighted by Crippen LogP contribution is 2.41. The van der Waals surface area contributed by atoms with E-state index in [-0.39, 0.29) is 18.4 Å². The maximum Gasteiger partial charge on any atom is 0.252 e. The number of hydrogen-bond acceptors (Lipinski definition) is 7. The van der Waals surface area contributed by atoms with Gasteiger partial charge in [-0.1, -0.05) is 18.2 Å². The van der Waals surface area contributed by atoms with E-state index in [1.807, 2.05) is 48.4 Å². The highest BCUT2D eigenvalue weighted by Gasteiger charge is 2.64. The summed E-state index contributed by atoms with van der Waals surface area (Å²) in [7, 11) is 0. The number of likely N-dealkylation sites (tertiary alicyclic amines) is 1. The number of aryl methyl sites for hydroxylation is 1. The van der Waals surface area contributed by atoms with Gasteiger partial charge in [-0.3, -0.25) is 29.3 Å². The Hall–Kier alpha value is -3.07. The molecule has 2 amide bonds. The van der Waals surface area contributed by atoms with Crippen LogP contribution < -0.4 is 0 Å². The first-order valence-electron chi connectivity index (χ1n) is 11.3. The number of carbonyl (C=O) groups is 2. The van der Waals surface area contributed by atoms with Gasteiger partial charge in [0.1, 0.15) is 17.1 Å². The van der Waals surface area contributed by atoms with Crippen molar-refractivity contribution < 1.29 is 19.1 Å². The molecule has 33 heavy (non-hydrogen) atoms. The predicted molar refractivity (Wildman–Crippen MR) is 120 cm³/mol. The molecular formula is C25H26N4O4. The molecule has 2 aromatic heterocycles. The lowest BCUT2D eigenvalue weighted by molar-refractivity contribution is -0.181. The van der Waals surface area contributed by atoms with E-state index in [9.17, 15) is 14.7 Å². The molecule has 3 fully saturated rings. The van der Waals surface area contributed by atoms with Gasteiger partial charge in [-0.2, -0.15) is 0 Å². The highest BCUT2D eigenvalue weighted by molar-refractivity contribution is 6.06. The Labute approximate surface area is 191 Å². The van der Waals surface area contributed by atoms with Crippen molar-refractivity contribution in [1.82, 2.24) is 19.7 Å². The van der Waals surface area contributed by atoms with E-state index in [0.717, 1.165) is 22.2 Å². The molecule has 2 atom stereocenters. The van der Waals surface area contributed by atoms with E-state index in [0.29, 0.717) is 38.4 Å². The van der Waals surface area contributed by atoms with Crippen LogP contribution in [0, 0.1) is 6.92 Å². The molecule has 170 valence electrons. The number of amides is 2. The van der Waals surface area contributed by atoms with E-state index in [4.69, 9.17) is 4.42 Å². The number of furan rings is 1. The zero-order valence-electron chi connectivity index (χ0n) is 18.5. The van der Waals surface area contributed by atoms with Crippen LogP contribution in [0.4, 0.5) is 0 Å². The lowest BCUT2D eigenvalue weighted by atomic mass is 9.82. The summed E-state index contributed by atoms with van der Waals surface area (Å²) in [5.41, 5.74) is 1.26. The summed E-state index contributed by atoms with van der Waals surface area (Å²) in [5, 5.41) is 11.4. The molecule has 3 saturated heterocycles. The Kier molecular flexibility index (Phi) is 4.65.